The van der Waals surface area contributed by atoms with E-state index in [9.17, 15) is 8.42 Å². The normalized spacial score (nSPS) is 12.9. The molecule has 1 heterocycles. The maximum Gasteiger partial charge on any atom is 0.241 e. The van der Waals surface area contributed by atoms with Gasteiger partial charge in [-0.15, -0.1) is 0 Å². The van der Waals surface area contributed by atoms with Gasteiger partial charge in [-0.05, 0) is 25.1 Å². The van der Waals surface area contributed by atoms with Crippen molar-refractivity contribution in [3.05, 3.63) is 36.7 Å². The molecular formula is C14H19N3O4S. The minimum Gasteiger partial charge on any atom is -0.493 e. The molecule has 1 aromatic heterocycles. The van der Waals surface area contributed by atoms with Crippen LogP contribution in [0, 0.1) is 0 Å². The summed E-state index contributed by atoms with van der Waals surface area (Å²) in [5.41, 5.74) is 0. The Labute approximate surface area is 129 Å². The molecular weight excluding hydrogens is 306 g/mol. The van der Waals surface area contributed by atoms with Crippen LogP contribution in [0.25, 0.3) is 0 Å². The monoisotopic (exact) mass is 325 g/mol. The molecule has 0 saturated heterocycles. The van der Waals surface area contributed by atoms with E-state index in [4.69, 9.17) is 9.47 Å². The smallest absolute Gasteiger partial charge is 0.241 e. The van der Waals surface area contributed by atoms with Crippen molar-refractivity contribution in [3.8, 4) is 11.5 Å². The number of hydrogen-bond acceptors (Lipinski definition) is 5. The average molecular weight is 325 g/mol. The van der Waals surface area contributed by atoms with Gasteiger partial charge < -0.3 is 9.47 Å². The van der Waals surface area contributed by atoms with Crippen molar-refractivity contribution in [2.45, 2.75) is 24.4 Å². The highest BCUT2D eigenvalue weighted by molar-refractivity contribution is 7.89. The van der Waals surface area contributed by atoms with Gasteiger partial charge in [0.15, 0.2) is 11.5 Å². The predicted octanol–water partition coefficient (Wildman–Crippen LogP) is 1.27. The topological polar surface area (TPSA) is 82.5 Å². The molecule has 7 nitrogen and oxygen atoms in total. The molecule has 1 unspecified atom stereocenters. The van der Waals surface area contributed by atoms with Gasteiger partial charge in [0.1, 0.15) is 0 Å². The molecule has 22 heavy (non-hydrogen) atoms. The van der Waals surface area contributed by atoms with Gasteiger partial charge in [0.05, 0.1) is 25.7 Å². The fourth-order valence-corrected chi connectivity index (χ4v) is 3.29. The van der Waals surface area contributed by atoms with Crippen LogP contribution in [0.4, 0.5) is 0 Å². The molecule has 0 aliphatic rings. The van der Waals surface area contributed by atoms with Gasteiger partial charge in [0.2, 0.25) is 10.0 Å². The molecule has 0 fully saturated rings. The Morgan fingerprint density at radius 2 is 2.00 bits per heavy atom. The van der Waals surface area contributed by atoms with E-state index < -0.39 is 10.0 Å². The number of nitrogens with one attached hydrogen (secondary N) is 1. The number of rotatable bonds is 7. The quantitative estimate of drug-likeness (QED) is 0.829. The van der Waals surface area contributed by atoms with E-state index >= 15 is 0 Å². The summed E-state index contributed by atoms with van der Waals surface area (Å²) in [6.07, 6.45) is 3.43. The van der Waals surface area contributed by atoms with Crippen molar-refractivity contribution in [2.24, 2.45) is 0 Å². The van der Waals surface area contributed by atoms with Crippen LogP contribution in [-0.2, 0) is 16.6 Å². The number of benzene rings is 1. The summed E-state index contributed by atoms with van der Waals surface area (Å²) in [5.74, 6) is 0.844. The summed E-state index contributed by atoms with van der Waals surface area (Å²) in [6, 6.07) is 5.95. The highest BCUT2D eigenvalue weighted by Gasteiger charge is 2.19. The van der Waals surface area contributed by atoms with Gasteiger partial charge in [-0.3, -0.25) is 4.68 Å². The van der Waals surface area contributed by atoms with E-state index in [1.165, 1.54) is 26.4 Å². The molecule has 1 aromatic carbocycles. The van der Waals surface area contributed by atoms with Crippen molar-refractivity contribution in [3.63, 3.8) is 0 Å². The molecule has 0 amide bonds. The van der Waals surface area contributed by atoms with Crippen LogP contribution < -0.4 is 14.2 Å². The zero-order valence-corrected chi connectivity index (χ0v) is 13.5. The molecule has 0 bridgehead atoms. The van der Waals surface area contributed by atoms with E-state index in [1.54, 1.807) is 36.1 Å². The van der Waals surface area contributed by atoms with Crippen molar-refractivity contribution < 1.29 is 17.9 Å². The Morgan fingerprint density at radius 3 is 2.59 bits per heavy atom. The maximum atomic E-state index is 12.4. The Bertz CT molecular complexity index is 714. The molecule has 1 N–H and O–H groups in total. The van der Waals surface area contributed by atoms with Crippen LogP contribution in [0.3, 0.4) is 0 Å². The molecule has 120 valence electrons. The fraction of sp³-hybridized carbons (Fsp3) is 0.357. The Kier molecular flexibility index (Phi) is 5.04. The number of ether oxygens (including phenoxy) is 2. The molecule has 0 aliphatic heterocycles. The van der Waals surface area contributed by atoms with Crippen molar-refractivity contribution >= 4 is 10.0 Å². The van der Waals surface area contributed by atoms with E-state index in [2.05, 4.69) is 9.82 Å². The van der Waals surface area contributed by atoms with E-state index in [0.29, 0.717) is 18.0 Å². The van der Waals surface area contributed by atoms with Gasteiger partial charge >= 0.3 is 0 Å². The number of sulfonamides is 1. The van der Waals surface area contributed by atoms with Gasteiger partial charge in [-0.2, -0.15) is 5.10 Å². The second kappa shape index (κ2) is 6.80. The molecule has 0 radical (unpaired) electrons. The second-order valence-corrected chi connectivity index (χ2v) is 6.48. The maximum absolute atomic E-state index is 12.4. The highest BCUT2D eigenvalue weighted by Crippen LogP contribution is 2.29. The summed E-state index contributed by atoms with van der Waals surface area (Å²) in [5, 5.41) is 4.05. The first-order valence-corrected chi connectivity index (χ1v) is 8.16. The SMILES string of the molecule is COc1ccc(S(=O)(=O)NC(C)Cn2cccn2)cc1OC. The fourth-order valence-electron chi connectivity index (χ4n) is 2.04. The van der Waals surface area contributed by atoms with Gasteiger partial charge in [0.25, 0.3) is 0 Å². The van der Waals surface area contributed by atoms with Crippen LogP contribution in [0.1, 0.15) is 6.92 Å². The molecule has 0 aliphatic carbocycles. The highest BCUT2D eigenvalue weighted by atomic mass is 32.2. The molecule has 1 atom stereocenters. The van der Waals surface area contributed by atoms with Crippen LogP contribution in [0.2, 0.25) is 0 Å². The first kappa shape index (κ1) is 16.3. The Balaban J connectivity index is 2.15. The van der Waals surface area contributed by atoms with Gasteiger partial charge in [0, 0.05) is 24.5 Å². The third kappa shape index (κ3) is 3.77. The summed E-state index contributed by atoms with van der Waals surface area (Å²) >= 11 is 0. The summed E-state index contributed by atoms with van der Waals surface area (Å²) in [6.45, 7) is 2.22. The molecule has 8 heteroatoms. The van der Waals surface area contributed by atoms with Crippen LogP contribution in [-0.4, -0.2) is 38.5 Å². The average Bonchev–Trinajstić information content (AvgIpc) is 2.98. The third-order valence-electron chi connectivity index (χ3n) is 3.04. The molecule has 0 spiro atoms. The molecule has 0 saturated carbocycles. The summed E-state index contributed by atoms with van der Waals surface area (Å²) < 4.78 is 39.3. The first-order valence-electron chi connectivity index (χ1n) is 6.68. The van der Waals surface area contributed by atoms with E-state index in [-0.39, 0.29) is 10.9 Å². The minimum absolute atomic E-state index is 0.123. The number of hydrogen-bond donors (Lipinski definition) is 1. The minimum atomic E-state index is -3.65. The number of methoxy groups -OCH3 is 2. The third-order valence-corrected chi connectivity index (χ3v) is 4.63. The largest absolute Gasteiger partial charge is 0.493 e. The summed E-state index contributed by atoms with van der Waals surface area (Å²) in [7, 11) is -0.690. The first-order chi connectivity index (χ1) is 10.5. The molecule has 2 aromatic rings. The number of nitrogens with zero attached hydrogens (tertiary/aromatic N) is 2. The lowest BCUT2D eigenvalue weighted by molar-refractivity contribution is 0.354. The standard InChI is InChI=1S/C14H19N3O4S/c1-11(10-17-8-4-7-15-17)16-22(18,19)12-5-6-13(20-2)14(9-12)21-3/h4-9,11,16H,10H2,1-3H3. The van der Waals surface area contributed by atoms with Crippen molar-refractivity contribution in [1.82, 2.24) is 14.5 Å². The van der Waals surface area contributed by atoms with Gasteiger partial charge in [-0.1, -0.05) is 0 Å². The Morgan fingerprint density at radius 1 is 1.27 bits per heavy atom. The van der Waals surface area contributed by atoms with Crippen LogP contribution in [0.5, 0.6) is 11.5 Å². The molecule has 2 rings (SSSR count). The van der Waals surface area contributed by atoms with Crippen molar-refractivity contribution in [2.75, 3.05) is 14.2 Å². The zero-order chi connectivity index (χ0) is 16.2. The van der Waals surface area contributed by atoms with E-state index in [1.807, 2.05) is 0 Å². The van der Waals surface area contributed by atoms with E-state index in [0.717, 1.165) is 0 Å². The lowest BCUT2D eigenvalue weighted by Crippen LogP contribution is -2.35. The second-order valence-electron chi connectivity index (χ2n) is 4.77. The van der Waals surface area contributed by atoms with Crippen molar-refractivity contribution in [1.29, 1.82) is 0 Å². The predicted molar refractivity (Wildman–Crippen MR) is 81.6 cm³/mol. The lowest BCUT2D eigenvalue weighted by atomic mass is 10.3. The summed E-state index contributed by atoms with van der Waals surface area (Å²) in [4.78, 5) is 0.123. The Hall–Kier alpha value is -2.06. The zero-order valence-electron chi connectivity index (χ0n) is 12.7. The van der Waals surface area contributed by atoms with Crippen LogP contribution >= 0.6 is 0 Å². The van der Waals surface area contributed by atoms with Crippen LogP contribution in [0.15, 0.2) is 41.6 Å². The van der Waals surface area contributed by atoms with Gasteiger partial charge in [-0.25, -0.2) is 13.1 Å². The number of aromatic nitrogens is 2. The lowest BCUT2D eigenvalue weighted by Gasteiger charge is -2.15.